The number of carbonyl (C=O) groups excluding carboxylic acids is 1. The van der Waals surface area contributed by atoms with E-state index in [-0.39, 0.29) is 5.91 Å². The summed E-state index contributed by atoms with van der Waals surface area (Å²) in [5.74, 6) is 2.07. The molecule has 0 saturated carbocycles. The van der Waals surface area contributed by atoms with Crippen molar-refractivity contribution in [2.24, 2.45) is 5.92 Å². The standard InChI is InChI=1S/C16H25ClN4OS/c1-4-20(5-2)14-10-13(17)18-16(19-14)23-11-15(22)21-8-6-12(3)7-9-21/h10,12H,4-9,11H2,1-3H3. The first kappa shape index (κ1) is 18.3. The zero-order valence-corrected chi connectivity index (χ0v) is 15.7. The highest BCUT2D eigenvalue weighted by molar-refractivity contribution is 7.99. The first-order chi connectivity index (χ1) is 11.0. The normalized spacial score (nSPS) is 15.7. The van der Waals surface area contributed by atoms with Gasteiger partial charge < -0.3 is 9.80 Å². The van der Waals surface area contributed by atoms with Gasteiger partial charge in [0.2, 0.25) is 5.91 Å². The highest BCUT2D eigenvalue weighted by atomic mass is 35.5. The fourth-order valence-electron chi connectivity index (χ4n) is 2.64. The van der Waals surface area contributed by atoms with E-state index in [2.05, 4.69) is 35.6 Å². The minimum Gasteiger partial charge on any atom is -0.357 e. The molecule has 0 bridgehead atoms. The zero-order valence-electron chi connectivity index (χ0n) is 14.1. The number of piperidine rings is 1. The second-order valence-electron chi connectivity index (χ2n) is 5.86. The molecule has 1 aromatic heterocycles. The number of halogens is 1. The molecule has 0 unspecified atom stereocenters. The van der Waals surface area contributed by atoms with E-state index in [1.165, 1.54) is 11.8 Å². The van der Waals surface area contributed by atoms with E-state index in [1.54, 1.807) is 6.07 Å². The van der Waals surface area contributed by atoms with Gasteiger partial charge in [-0.2, -0.15) is 0 Å². The molecule has 0 radical (unpaired) electrons. The number of aromatic nitrogens is 2. The van der Waals surface area contributed by atoms with Gasteiger partial charge in [-0.3, -0.25) is 4.79 Å². The molecule has 1 aliphatic rings. The molecule has 1 saturated heterocycles. The average molecular weight is 357 g/mol. The van der Waals surface area contributed by atoms with Crippen molar-refractivity contribution in [1.82, 2.24) is 14.9 Å². The first-order valence-corrected chi connectivity index (χ1v) is 9.59. The van der Waals surface area contributed by atoms with Gasteiger partial charge in [-0.15, -0.1) is 0 Å². The molecule has 23 heavy (non-hydrogen) atoms. The van der Waals surface area contributed by atoms with Crippen LogP contribution < -0.4 is 4.90 Å². The quantitative estimate of drug-likeness (QED) is 0.444. The van der Waals surface area contributed by atoms with E-state index in [9.17, 15) is 4.79 Å². The van der Waals surface area contributed by atoms with E-state index >= 15 is 0 Å². The lowest BCUT2D eigenvalue weighted by Gasteiger charge is -2.30. The molecule has 7 heteroatoms. The van der Waals surface area contributed by atoms with Gasteiger partial charge in [0.25, 0.3) is 0 Å². The summed E-state index contributed by atoms with van der Waals surface area (Å²) in [5, 5.41) is 0.988. The van der Waals surface area contributed by atoms with Gasteiger partial charge in [0.15, 0.2) is 5.16 Å². The molecule has 0 N–H and O–H groups in total. The van der Waals surface area contributed by atoms with Gasteiger partial charge in [-0.05, 0) is 32.6 Å². The molecule has 2 rings (SSSR count). The predicted molar refractivity (Wildman–Crippen MR) is 96.3 cm³/mol. The summed E-state index contributed by atoms with van der Waals surface area (Å²) in [4.78, 5) is 25.1. The first-order valence-electron chi connectivity index (χ1n) is 8.23. The smallest absolute Gasteiger partial charge is 0.233 e. The van der Waals surface area contributed by atoms with E-state index < -0.39 is 0 Å². The summed E-state index contributed by atoms with van der Waals surface area (Å²) in [6.07, 6.45) is 2.19. The Bertz CT molecular complexity index is 531. The van der Waals surface area contributed by atoms with Crippen molar-refractivity contribution in [3.8, 4) is 0 Å². The molecule has 5 nitrogen and oxygen atoms in total. The predicted octanol–water partition coefficient (Wildman–Crippen LogP) is 3.33. The van der Waals surface area contributed by atoms with Crippen LogP contribution in [0.1, 0.15) is 33.6 Å². The highest BCUT2D eigenvalue weighted by Crippen LogP contribution is 2.23. The number of nitrogens with zero attached hydrogens (tertiary/aromatic N) is 4. The number of anilines is 1. The number of thioether (sulfide) groups is 1. The Morgan fingerprint density at radius 1 is 1.35 bits per heavy atom. The van der Waals surface area contributed by atoms with Crippen LogP contribution >= 0.6 is 23.4 Å². The minimum absolute atomic E-state index is 0.162. The molecular formula is C16H25ClN4OS. The van der Waals surface area contributed by atoms with Crippen LogP contribution in [-0.2, 0) is 4.79 Å². The monoisotopic (exact) mass is 356 g/mol. The van der Waals surface area contributed by atoms with Crippen molar-refractivity contribution >= 4 is 35.1 Å². The van der Waals surface area contributed by atoms with E-state index in [0.29, 0.717) is 16.1 Å². The third-order valence-electron chi connectivity index (χ3n) is 4.21. The molecule has 0 atom stereocenters. The molecule has 1 amide bonds. The van der Waals surface area contributed by atoms with Gasteiger partial charge in [0.05, 0.1) is 5.75 Å². The van der Waals surface area contributed by atoms with Crippen LogP contribution in [0, 0.1) is 5.92 Å². The van der Waals surface area contributed by atoms with Gasteiger partial charge in [0, 0.05) is 32.2 Å². The SMILES string of the molecule is CCN(CC)c1cc(Cl)nc(SCC(=O)N2CCC(C)CC2)n1. The lowest BCUT2D eigenvalue weighted by atomic mass is 9.99. The topological polar surface area (TPSA) is 49.3 Å². The van der Waals surface area contributed by atoms with Crippen molar-refractivity contribution in [3.63, 3.8) is 0 Å². The Morgan fingerprint density at radius 3 is 2.61 bits per heavy atom. The lowest BCUT2D eigenvalue weighted by Crippen LogP contribution is -2.38. The molecule has 0 spiro atoms. The number of likely N-dealkylation sites (tertiary alicyclic amines) is 1. The largest absolute Gasteiger partial charge is 0.357 e. The molecule has 1 aliphatic heterocycles. The van der Waals surface area contributed by atoms with Crippen LogP contribution in [-0.4, -0.2) is 52.7 Å². The molecule has 0 aliphatic carbocycles. The van der Waals surface area contributed by atoms with E-state index in [4.69, 9.17) is 11.6 Å². The van der Waals surface area contributed by atoms with Crippen molar-refractivity contribution in [2.45, 2.75) is 38.8 Å². The van der Waals surface area contributed by atoms with Crippen molar-refractivity contribution in [2.75, 3.05) is 36.8 Å². The minimum atomic E-state index is 0.162. The maximum absolute atomic E-state index is 12.3. The highest BCUT2D eigenvalue weighted by Gasteiger charge is 2.20. The third-order valence-corrected chi connectivity index (χ3v) is 5.24. The number of amides is 1. The zero-order chi connectivity index (χ0) is 16.8. The molecule has 1 fully saturated rings. The fraction of sp³-hybridized carbons (Fsp3) is 0.688. The van der Waals surface area contributed by atoms with Crippen LogP contribution in [0.25, 0.3) is 0 Å². The fourth-order valence-corrected chi connectivity index (χ4v) is 3.62. The summed E-state index contributed by atoms with van der Waals surface area (Å²) in [6.45, 7) is 9.84. The Labute approximate surface area is 147 Å². The summed E-state index contributed by atoms with van der Waals surface area (Å²) < 4.78 is 0. The van der Waals surface area contributed by atoms with Crippen LogP contribution in [0.3, 0.4) is 0 Å². The van der Waals surface area contributed by atoms with E-state index in [1.807, 2.05) is 4.90 Å². The maximum atomic E-state index is 12.3. The van der Waals surface area contributed by atoms with Gasteiger partial charge >= 0.3 is 0 Å². The summed E-state index contributed by atoms with van der Waals surface area (Å²) in [5.41, 5.74) is 0. The third kappa shape index (κ3) is 5.24. The maximum Gasteiger partial charge on any atom is 0.233 e. The molecular weight excluding hydrogens is 332 g/mol. The Kier molecular flexibility index (Phi) is 6.96. The van der Waals surface area contributed by atoms with E-state index in [0.717, 1.165) is 50.8 Å². The number of hydrogen-bond donors (Lipinski definition) is 0. The second-order valence-corrected chi connectivity index (χ2v) is 7.19. The summed E-state index contributed by atoms with van der Waals surface area (Å²) in [7, 11) is 0. The van der Waals surface area contributed by atoms with Crippen LogP contribution in [0.5, 0.6) is 0 Å². The number of carbonyl (C=O) groups is 1. The van der Waals surface area contributed by atoms with Crippen LogP contribution in [0.15, 0.2) is 11.2 Å². The molecule has 1 aromatic rings. The Balaban J connectivity index is 1.96. The van der Waals surface area contributed by atoms with Gasteiger partial charge in [-0.25, -0.2) is 9.97 Å². The van der Waals surface area contributed by atoms with Gasteiger partial charge in [-0.1, -0.05) is 30.3 Å². The number of rotatable bonds is 6. The lowest BCUT2D eigenvalue weighted by molar-refractivity contribution is -0.129. The Morgan fingerprint density at radius 2 is 2.00 bits per heavy atom. The van der Waals surface area contributed by atoms with Crippen LogP contribution in [0.2, 0.25) is 5.15 Å². The average Bonchev–Trinajstić information content (AvgIpc) is 2.54. The van der Waals surface area contributed by atoms with Crippen molar-refractivity contribution < 1.29 is 4.79 Å². The summed E-state index contributed by atoms with van der Waals surface area (Å²) in [6, 6.07) is 1.77. The molecule has 2 heterocycles. The Hall–Kier alpha value is -1.01. The molecule has 128 valence electrons. The molecule has 0 aromatic carbocycles. The van der Waals surface area contributed by atoms with Gasteiger partial charge in [0.1, 0.15) is 11.0 Å². The second kappa shape index (κ2) is 8.73. The summed E-state index contributed by atoms with van der Waals surface area (Å²) >= 11 is 7.47. The van der Waals surface area contributed by atoms with Crippen molar-refractivity contribution in [1.29, 1.82) is 0 Å². The number of hydrogen-bond acceptors (Lipinski definition) is 5. The van der Waals surface area contributed by atoms with Crippen LogP contribution in [0.4, 0.5) is 5.82 Å². The van der Waals surface area contributed by atoms with Crippen molar-refractivity contribution in [3.05, 3.63) is 11.2 Å².